The summed E-state index contributed by atoms with van der Waals surface area (Å²) in [6, 6.07) is 9.06. The first-order valence-corrected chi connectivity index (χ1v) is 7.30. The van der Waals surface area contributed by atoms with Crippen LogP contribution in [0.2, 0.25) is 5.02 Å². The third-order valence-corrected chi connectivity index (χ3v) is 3.70. The van der Waals surface area contributed by atoms with Crippen LogP contribution in [0.15, 0.2) is 30.3 Å². The van der Waals surface area contributed by atoms with Crippen LogP contribution in [-0.4, -0.2) is 12.5 Å². The summed E-state index contributed by atoms with van der Waals surface area (Å²) in [4.78, 5) is 12.0. The second kappa shape index (κ2) is 6.71. The van der Waals surface area contributed by atoms with Crippen LogP contribution in [-0.2, 0) is 4.79 Å². The number of nitrogen functional groups attached to an aromatic ring is 1. The fraction of sp³-hybridized carbons (Fsp3) is 0.235. The molecule has 1 amide bonds. The summed E-state index contributed by atoms with van der Waals surface area (Å²) in [6.07, 6.45) is 0. The normalized spacial score (nSPS) is 10.4. The number of rotatable bonds is 4. The molecule has 0 heterocycles. The van der Waals surface area contributed by atoms with E-state index in [4.69, 9.17) is 22.1 Å². The highest BCUT2D eigenvalue weighted by Gasteiger charge is 2.10. The number of anilines is 2. The predicted molar refractivity (Wildman–Crippen MR) is 90.6 cm³/mol. The summed E-state index contributed by atoms with van der Waals surface area (Å²) in [5, 5.41) is 3.45. The number of halogens is 1. The van der Waals surface area contributed by atoms with Gasteiger partial charge in [-0.25, -0.2) is 0 Å². The van der Waals surface area contributed by atoms with Gasteiger partial charge in [0.05, 0.1) is 11.4 Å². The van der Waals surface area contributed by atoms with Crippen molar-refractivity contribution in [2.24, 2.45) is 0 Å². The molecular formula is C17H19ClN2O2. The zero-order valence-electron chi connectivity index (χ0n) is 12.9. The monoisotopic (exact) mass is 318 g/mol. The zero-order valence-corrected chi connectivity index (χ0v) is 13.6. The molecule has 0 bridgehead atoms. The Kier molecular flexibility index (Phi) is 4.93. The van der Waals surface area contributed by atoms with Crippen molar-refractivity contribution in [1.29, 1.82) is 0 Å². The van der Waals surface area contributed by atoms with Crippen molar-refractivity contribution in [3.63, 3.8) is 0 Å². The molecule has 22 heavy (non-hydrogen) atoms. The van der Waals surface area contributed by atoms with Crippen molar-refractivity contribution in [3.8, 4) is 5.75 Å². The van der Waals surface area contributed by atoms with E-state index in [1.54, 1.807) is 18.2 Å². The minimum Gasteiger partial charge on any atom is -0.484 e. The van der Waals surface area contributed by atoms with E-state index >= 15 is 0 Å². The molecule has 4 nitrogen and oxygen atoms in total. The van der Waals surface area contributed by atoms with E-state index in [1.165, 1.54) is 0 Å². The Balaban J connectivity index is 2.00. The molecule has 0 unspecified atom stereocenters. The highest BCUT2D eigenvalue weighted by Crippen LogP contribution is 2.25. The predicted octanol–water partition coefficient (Wildman–Crippen LogP) is 3.86. The number of nitrogens with two attached hydrogens (primary N) is 1. The molecule has 0 saturated heterocycles. The molecule has 2 rings (SSSR count). The van der Waals surface area contributed by atoms with Crippen molar-refractivity contribution < 1.29 is 9.53 Å². The Hall–Kier alpha value is -2.20. The molecule has 0 aromatic heterocycles. The van der Waals surface area contributed by atoms with Gasteiger partial charge in [0.15, 0.2) is 6.61 Å². The molecule has 0 fully saturated rings. The van der Waals surface area contributed by atoms with Crippen molar-refractivity contribution >= 4 is 28.9 Å². The zero-order chi connectivity index (χ0) is 16.3. The van der Waals surface area contributed by atoms with Gasteiger partial charge in [-0.2, -0.15) is 0 Å². The molecule has 0 radical (unpaired) electrons. The van der Waals surface area contributed by atoms with E-state index in [1.807, 2.05) is 32.9 Å². The molecule has 116 valence electrons. The van der Waals surface area contributed by atoms with Gasteiger partial charge in [-0.1, -0.05) is 17.7 Å². The molecule has 0 aliphatic rings. The van der Waals surface area contributed by atoms with Crippen LogP contribution in [0.5, 0.6) is 5.75 Å². The third kappa shape index (κ3) is 3.92. The molecule has 0 atom stereocenters. The van der Waals surface area contributed by atoms with E-state index in [0.29, 0.717) is 22.1 Å². The van der Waals surface area contributed by atoms with Gasteiger partial charge < -0.3 is 15.8 Å². The van der Waals surface area contributed by atoms with Crippen molar-refractivity contribution in [1.82, 2.24) is 0 Å². The summed E-state index contributed by atoms with van der Waals surface area (Å²) in [7, 11) is 0. The number of ether oxygens (including phenoxy) is 1. The highest BCUT2D eigenvalue weighted by atomic mass is 35.5. The quantitative estimate of drug-likeness (QED) is 0.841. The van der Waals surface area contributed by atoms with Crippen LogP contribution in [0.1, 0.15) is 16.7 Å². The summed E-state index contributed by atoms with van der Waals surface area (Å²) in [6.45, 7) is 5.66. The number of carbonyl (C=O) groups is 1. The van der Waals surface area contributed by atoms with Crippen molar-refractivity contribution in [3.05, 3.63) is 52.0 Å². The Labute approximate surface area is 135 Å². The maximum atomic E-state index is 12.0. The number of amides is 1. The lowest BCUT2D eigenvalue weighted by Crippen LogP contribution is -2.21. The van der Waals surface area contributed by atoms with Crippen molar-refractivity contribution in [2.75, 3.05) is 17.7 Å². The Morgan fingerprint density at radius 3 is 2.55 bits per heavy atom. The summed E-state index contributed by atoms with van der Waals surface area (Å²) >= 11 is 5.95. The number of nitrogens with one attached hydrogen (secondary N) is 1. The number of hydrogen-bond acceptors (Lipinski definition) is 3. The van der Waals surface area contributed by atoms with Crippen LogP contribution < -0.4 is 15.8 Å². The molecule has 3 N–H and O–H groups in total. The second-order valence-corrected chi connectivity index (χ2v) is 5.70. The fourth-order valence-corrected chi connectivity index (χ4v) is 2.32. The second-order valence-electron chi connectivity index (χ2n) is 5.29. The van der Waals surface area contributed by atoms with E-state index in [9.17, 15) is 4.79 Å². The van der Waals surface area contributed by atoms with Gasteiger partial charge in [0, 0.05) is 5.02 Å². The Morgan fingerprint density at radius 1 is 1.18 bits per heavy atom. The third-order valence-electron chi connectivity index (χ3n) is 3.27. The van der Waals surface area contributed by atoms with Gasteiger partial charge in [0.25, 0.3) is 5.91 Å². The maximum Gasteiger partial charge on any atom is 0.262 e. The van der Waals surface area contributed by atoms with Crippen LogP contribution >= 0.6 is 11.6 Å². The molecule has 2 aromatic carbocycles. The Morgan fingerprint density at radius 2 is 1.91 bits per heavy atom. The van der Waals surface area contributed by atoms with Crippen LogP contribution in [0.3, 0.4) is 0 Å². The lowest BCUT2D eigenvalue weighted by atomic mass is 10.1. The number of carbonyl (C=O) groups excluding carboxylic acids is 1. The van der Waals surface area contributed by atoms with Crippen LogP contribution in [0, 0.1) is 20.8 Å². The number of benzene rings is 2. The topological polar surface area (TPSA) is 64.3 Å². The molecule has 0 aliphatic carbocycles. The number of aryl methyl sites for hydroxylation is 3. The minimum atomic E-state index is -0.258. The average molecular weight is 319 g/mol. The summed E-state index contributed by atoms with van der Waals surface area (Å²) < 4.78 is 5.47. The van der Waals surface area contributed by atoms with Gasteiger partial charge in [-0.15, -0.1) is 0 Å². The molecule has 2 aromatic rings. The number of hydrogen-bond donors (Lipinski definition) is 2. The first-order chi connectivity index (χ1) is 10.4. The lowest BCUT2D eigenvalue weighted by molar-refractivity contribution is -0.118. The molecule has 0 aliphatic heterocycles. The van der Waals surface area contributed by atoms with E-state index in [2.05, 4.69) is 5.32 Å². The van der Waals surface area contributed by atoms with Gasteiger partial charge in [0.1, 0.15) is 5.75 Å². The molecular weight excluding hydrogens is 300 g/mol. The average Bonchev–Trinajstić information content (AvgIpc) is 2.44. The smallest absolute Gasteiger partial charge is 0.262 e. The van der Waals surface area contributed by atoms with Crippen LogP contribution in [0.4, 0.5) is 11.4 Å². The first kappa shape index (κ1) is 16.2. The SMILES string of the molecule is Cc1cc(C)c(NC(=O)COc2ccc(Cl)c(C)c2)c(N)c1. The maximum absolute atomic E-state index is 12.0. The van der Waals surface area contributed by atoms with Gasteiger partial charge in [-0.3, -0.25) is 4.79 Å². The van der Waals surface area contributed by atoms with Gasteiger partial charge in [-0.05, 0) is 61.7 Å². The molecule has 0 saturated carbocycles. The first-order valence-electron chi connectivity index (χ1n) is 6.92. The van der Waals surface area contributed by atoms with Gasteiger partial charge in [0.2, 0.25) is 0 Å². The van der Waals surface area contributed by atoms with E-state index in [-0.39, 0.29) is 12.5 Å². The summed E-state index contributed by atoms with van der Waals surface area (Å²) in [5.74, 6) is 0.344. The molecule has 5 heteroatoms. The van der Waals surface area contributed by atoms with E-state index in [0.717, 1.165) is 16.7 Å². The lowest BCUT2D eigenvalue weighted by Gasteiger charge is -2.13. The van der Waals surface area contributed by atoms with Crippen LogP contribution in [0.25, 0.3) is 0 Å². The standard InChI is InChI=1S/C17H19ClN2O2/c1-10-6-12(3)17(15(19)7-10)20-16(21)9-22-13-4-5-14(18)11(2)8-13/h4-8H,9,19H2,1-3H3,(H,20,21). The highest BCUT2D eigenvalue weighted by molar-refractivity contribution is 6.31. The fourth-order valence-electron chi connectivity index (χ4n) is 2.20. The molecule has 0 spiro atoms. The summed E-state index contributed by atoms with van der Waals surface area (Å²) in [5.41, 5.74) is 10.0. The Bertz CT molecular complexity index is 691. The van der Waals surface area contributed by atoms with Crippen molar-refractivity contribution in [2.45, 2.75) is 20.8 Å². The largest absolute Gasteiger partial charge is 0.484 e. The van der Waals surface area contributed by atoms with E-state index < -0.39 is 0 Å². The van der Waals surface area contributed by atoms with Gasteiger partial charge >= 0.3 is 0 Å². The minimum absolute atomic E-state index is 0.0895.